The number of amides is 1. The zero-order chi connectivity index (χ0) is 11.5. The highest BCUT2D eigenvalue weighted by molar-refractivity contribution is 9.10. The summed E-state index contributed by atoms with van der Waals surface area (Å²) in [5, 5.41) is 2.65. The molecule has 0 unspecified atom stereocenters. The first-order valence-corrected chi connectivity index (χ1v) is 5.29. The first-order valence-electron chi connectivity index (χ1n) is 4.50. The van der Waals surface area contributed by atoms with Gasteiger partial charge in [0.25, 0.3) is 5.91 Å². The molecular weight excluding hydrogens is 274 g/mol. The van der Waals surface area contributed by atoms with Crippen LogP contribution in [0.4, 0.5) is 5.69 Å². The van der Waals surface area contributed by atoms with Gasteiger partial charge < -0.3 is 15.3 Å². The van der Waals surface area contributed by atoms with E-state index in [1.807, 2.05) is 12.1 Å². The number of benzene rings is 1. The van der Waals surface area contributed by atoms with Crippen molar-refractivity contribution in [2.75, 3.05) is 5.32 Å². The van der Waals surface area contributed by atoms with Crippen LogP contribution in [0.15, 0.2) is 39.7 Å². The lowest BCUT2D eigenvalue weighted by Gasteiger charge is -2.02. The van der Waals surface area contributed by atoms with E-state index >= 15 is 0 Å². The topological polar surface area (TPSA) is 77.8 Å². The fourth-order valence-electron chi connectivity index (χ4n) is 1.19. The SMILES string of the molecule is O=C(Nc1ccc(Br)cc1)c1c[nH]c(=O)[nH]1. The molecule has 2 aromatic rings. The Morgan fingerprint density at radius 2 is 1.94 bits per heavy atom. The molecule has 5 nitrogen and oxygen atoms in total. The minimum Gasteiger partial charge on any atom is -0.321 e. The van der Waals surface area contributed by atoms with Gasteiger partial charge in [0.15, 0.2) is 0 Å². The number of anilines is 1. The molecule has 0 aliphatic carbocycles. The average Bonchev–Trinajstić information content (AvgIpc) is 2.68. The predicted molar refractivity (Wildman–Crippen MR) is 63.5 cm³/mol. The fourth-order valence-corrected chi connectivity index (χ4v) is 1.45. The molecular formula is C10H8BrN3O2. The van der Waals surface area contributed by atoms with E-state index < -0.39 is 5.69 Å². The Labute approximate surface area is 99.0 Å². The largest absolute Gasteiger partial charge is 0.323 e. The number of imidazole rings is 1. The van der Waals surface area contributed by atoms with Crippen LogP contribution in [0.5, 0.6) is 0 Å². The summed E-state index contributed by atoms with van der Waals surface area (Å²) in [5.74, 6) is -0.360. The second-order valence-electron chi connectivity index (χ2n) is 3.12. The molecule has 3 N–H and O–H groups in total. The van der Waals surface area contributed by atoms with Crippen LogP contribution < -0.4 is 11.0 Å². The Balaban J connectivity index is 2.13. The van der Waals surface area contributed by atoms with Crippen LogP contribution in [0.2, 0.25) is 0 Å². The van der Waals surface area contributed by atoms with Gasteiger partial charge in [-0.3, -0.25) is 4.79 Å². The molecule has 0 saturated heterocycles. The number of rotatable bonds is 2. The van der Waals surface area contributed by atoms with Crippen molar-refractivity contribution < 1.29 is 4.79 Å². The van der Waals surface area contributed by atoms with E-state index in [1.54, 1.807) is 12.1 Å². The monoisotopic (exact) mass is 281 g/mol. The highest BCUT2D eigenvalue weighted by atomic mass is 79.9. The average molecular weight is 282 g/mol. The number of hydrogen-bond acceptors (Lipinski definition) is 2. The zero-order valence-corrected chi connectivity index (χ0v) is 9.67. The van der Waals surface area contributed by atoms with Crippen molar-refractivity contribution in [3.63, 3.8) is 0 Å². The smallest absolute Gasteiger partial charge is 0.321 e. The van der Waals surface area contributed by atoms with Crippen molar-refractivity contribution in [2.24, 2.45) is 0 Å². The lowest BCUT2D eigenvalue weighted by atomic mass is 10.3. The Kier molecular flexibility index (Phi) is 2.91. The standard InChI is InChI=1S/C10H8BrN3O2/c11-6-1-3-7(4-2-6)13-9(15)8-5-12-10(16)14-8/h1-5H,(H,13,15)(H2,12,14,16). The number of aromatic amines is 2. The number of nitrogens with one attached hydrogen (secondary N) is 3. The van der Waals surface area contributed by atoms with Gasteiger partial charge in [0, 0.05) is 16.4 Å². The molecule has 0 saturated carbocycles. The molecule has 0 aliphatic rings. The van der Waals surface area contributed by atoms with E-state index in [-0.39, 0.29) is 11.6 Å². The third-order valence-corrected chi connectivity index (χ3v) is 2.47. The van der Waals surface area contributed by atoms with Crippen LogP contribution in [-0.4, -0.2) is 15.9 Å². The van der Waals surface area contributed by atoms with E-state index in [9.17, 15) is 9.59 Å². The van der Waals surface area contributed by atoms with Gasteiger partial charge >= 0.3 is 5.69 Å². The number of aromatic nitrogens is 2. The van der Waals surface area contributed by atoms with Gasteiger partial charge in [-0.15, -0.1) is 0 Å². The Morgan fingerprint density at radius 3 is 2.50 bits per heavy atom. The van der Waals surface area contributed by atoms with Crippen LogP contribution >= 0.6 is 15.9 Å². The van der Waals surface area contributed by atoms with E-state index in [0.29, 0.717) is 5.69 Å². The number of halogens is 1. The molecule has 0 spiro atoms. The molecule has 16 heavy (non-hydrogen) atoms. The van der Waals surface area contributed by atoms with Gasteiger partial charge in [0.05, 0.1) is 0 Å². The Bertz CT molecular complexity index is 556. The molecule has 0 fully saturated rings. The number of hydrogen-bond donors (Lipinski definition) is 3. The maximum absolute atomic E-state index is 11.6. The number of carbonyl (C=O) groups excluding carboxylic acids is 1. The minimum absolute atomic E-state index is 0.202. The third-order valence-electron chi connectivity index (χ3n) is 1.94. The summed E-state index contributed by atoms with van der Waals surface area (Å²) < 4.78 is 0.931. The summed E-state index contributed by atoms with van der Waals surface area (Å²) in [6.45, 7) is 0. The predicted octanol–water partition coefficient (Wildman–Crippen LogP) is 1.72. The van der Waals surface area contributed by atoms with Crippen molar-refractivity contribution in [2.45, 2.75) is 0 Å². The van der Waals surface area contributed by atoms with Crippen LogP contribution in [0.3, 0.4) is 0 Å². The van der Waals surface area contributed by atoms with E-state index in [1.165, 1.54) is 6.20 Å². The summed E-state index contributed by atoms with van der Waals surface area (Å²) in [5.41, 5.74) is 0.462. The molecule has 1 heterocycles. The molecule has 1 aromatic carbocycles. The highest BCUT2D eigenvalue weighted by Crippen LogP contribution is 2.14. The van der Waals surface area contributed by atoms with E-state index in [0.717, 1.165) is 4.47 Å². The second kappa shape index (κ2) is 4.36. The molecule has 0 aliphatic heterocycles. The maximum atomic E-state index is 11.6. The van der Waals surface area contributed by atoms with Gasteiger partial charge in [-0.25, -0.2) is 4.79 Å². The van der Waals surface area contributed by atoms with Gasteiger partial charge in [-0.1, -0.05) is 15.9 Å². The fraction of sp³-hybridized carbons (Fsp3) is 0. The summed E-state index contributed by atoms with van der Waals surface area (Å²) in [7, 11) is 0. The molecule has 2 rings (SSSR count). The van der Waals surface area contributed by atoms with Crippen molar-refractivity contribution in [3.05, 3.63) is 51.1 Å². The first kappa shape index (κ1) is 10.7. The molecule has 1 aromatic heterocycles. The summed E-state index contributed by atoms with van der Waals surface area (Å²) in [6, 6.07) is 7.14. The molecule has 0 bridgehead atoms. The van der Waals surface area contributed by atoms with Crippen molar-refractivity contribution in [1.82, 2.24) is 9.97 Å². The number of carbonyl (C=O) groups is 1. The van der Waals surface area contributed by atoms with Gasteiger partial charge in [0.1, 0.15) is 5.69 Å². The van der Waals surface area contributed by atoms with Crippen LogP contribution in [0, 0.1) is 0 Å². The normalized spacial score (nSPS) is 10.1. The van der Waals surface area contributed by atoms with Crippen molar-refractivity contribution in [3.8, 4) is 0 Å². The Morgan fingerprint density at radius 1 is 1.25 bits per heavy atom. The summed E-state index contributed by atoms with van der Waals surface area (Å²) in [4.78, 5) is 27.1. The quantitative estimate of drug-likeness (QED) is 0.784. The van der Waals surface area contributed by atoms with Crippen LogP contribution in [0.1, 0.15) is 10.5 Å². The lowest BCUT2D eigenvalue weighted by molar-refractivity contribution is 0.102. The van der Waals surface area contributed by atoms with E-state index in [4.69, 9.17) is 0 Å². The van der Waals surface area contributed by atoms with Crippen molar-refractivity contribution in [1.29, 1.82) is 0 Å². The van der Waals surface area contributed by atoms with E-state index in [2.05, 4.69) is 31.2 Å². The van der Waals surface area contributed by atoms with Crippen LogP contribution in [0.25, 0.3) is 0 Å². The minimum atomic E-state index is -0.402. The highest BCUT2D eigenvalue weighted by Gasteiger charge is 2.07. The summed E-state index contributed by atoms with van der Waals surface area (Å²) in [6.07, 6.45) is 1.33. The molecule has 0 atom stereocenters. The molecule has 82 valence electrons. The third kappa shape index (κ3) is 2.40. The van der Waals surface area contributed by atoms with Gasteiger partial charge in [-0.05, 0) is 24.3 Å². The lowest BCUT2D eigenvalue weighted by Crippen LogP contribution is -2.13. The van der Waals surface area contributed by atoms with Gasteiger partial charge in [0.2, 0.25) is 0 Å². The van der Waals surface area contributed by atoms with Crippen molar-refractivity contribution >= 4 is 27.5 Å². The molecule has 0 radical (unpaired) electrons. The maximum Gasteiger partial charge on any atom is 0.323 e. The number of H-pyrrole nitrogens is 2. The molecule has 1 amide bonds. The molecule has 6 heteroatoms. The Hall–Kier alpha value is -1.82. The zero-order valence-electron chi connectivity index (χ0n) is 8.08. The summed E-state index contributed by atoms with van der Waals surface area (Å²) >= 11 is 3.29. The first-order chi connectivity index (χ1) is 7.65. The second-order valence-corrected chi connectivity index (χ2v) is 4.03. The van der Waals surface area contributed by atoms with Gasteiger partial charge in [-0.2, -0.15) is 0 Å². The van der Waals surface area contributed by atoms with Crippen LogP contribution in [-0.2, 0) is 0 Å².